The number of anilines is 2. The number of ether oxygens (including phenoxy) is 4. The second-order valence-corrected chi connectivity index (χ2v) is 19.9. The first kappa shape index (κ1) is 52.5. The van der Waals surface area contributed by atoms with Gasteiger partial charge in [0.25, 0.3) is 11.8 Å². The summed E-state index contributed by atoms with van der Waals surface area (Å²) in [5.74, 6) is 2.15. The van der Waals surface area contributed by atoms with Gasteiger partial charge >= 0.3 is 0 Å². The molecule has 3 aliphatic heterocycles. The molecule has 4 atom stereocenters. The lowest BCUT2D eigenvalue weighted by Gasteiger charge is -2.39. The number of nitrogens with zero attached hydrogens (tertiary/aromatic N) is 5. The lowest BCUT2D eigenvalue weighted by Crippen LogP contribution is -2.44. The van der Waals surface area contributed by atoms with Crippen LogP contribution in [0.2, 0.25) is 0 Å². The predicted octanol–water partition coefficient (Wildman–Crippen LogP) is 13.2. The molecule has 376 valence electrons. The van der Waals surface area contributed by atoms with Crippen molar-refractivity contribution in [1.82, 2.24) is 4.90 Å². The van der Waals surface area contributed by atoms with Gasteiger partial charge in [-0.25, -0.2) is 0 Å². The highest BCUT2D eigenvalue weighted by Crippen LogP contribution is 2.43. The van der Waals surface area contributed by atoms with Gasteiger partial charge in [0, 0.05) is 36.3 Å². The van der Waals surface area contributed by atoms with Gasteiger partial charge in [-0.05, 0) is 135 Å². The van der Waals surface area contributed by atoms with E-state index in [2.05, 4.69) is 53.5 Å². The number of piperidine rings is 1. The van der Waals surface area contributed by atoms with Crippen LogP contribution in [0, 0.1) is 22.7 Å². The van der Waals surface area contributed by atoms with Crippen molar-refractivity contribution >= 4 is 45.8 Å². The third-order valence-electron chi connectivity index (χ3n) is 13.8. The van der Waals surface area contributed by atoms with Crippen LogP contribution >= 0.6 is 22.6 Å². The number of likely N-dealkylation sites (tertiary alicyclic amines) is 1. The topological polar surface area (TPSA) is 128 Å². The molecule has 1 fully saturated rings. The molecule has 0 unspecified atom stereocenters. The van der Waals surface area contributed by atoms with E-state index in [4.69, 9.17) is 18.9 Å². The molecule has 1 saturated heterocycles. The van der Waals surface area contributed by atoms with Crippen LogP contribution in [-0.4, -0.2) is 52.9 Å². The van der Waals surface area contributed by atoms with E-state index < -0.39 is 12.2 Å². The van der Waals surface area contributed by atoms with Crippen LogP contribution in [0.25, 0.3) is 0 Å². The summed E-state index contributed by atoms with van der Waals surface area (Å²) in [6.45, 7) is 7.77. The fourth-order valence-corrected chi connectivity index (χ4v) is 10.4. The smallest absolute Gasteiger partial charge is 0.273 e. The quantitative estimate of drug-likeness (QED) is 0.0442. The van der Waals surface area contributed by atoms with E-state index in [9.17, 15) is 20.1 Å². The first-order valence-corrected chi connectivity index (χ1v) is 27.2. The summed E-state index contributed by atoms with van der Waals surface area (Å²) < 4.78 is 25.9. The highest BCUT2D eigenvalue weighted by Gasteiger charge is 2.39. The Hall–Kier alpha value is -6.87. The van der Waals surface area contributed by atoms with E-state index in [1.54, 1.807) is 36.4 Å². The highest BCUT2D eigenvalue weighted by atomic mass is 127. The Kier molecular flexibility index (Phi) is 18.8. The van der Waals surface area contributed by atoms with Gasteiger partial charge in [-0.1, -0.05) is 127 Å². The summed E-state index contributed by atoms with van der Waals surface area (Å²) in [6, 6.07) is 51.1. The second-order valence-electron chi connectivity index (χ2n) is 18.9. The number of rotatable bonds is 19. The Labute approximate surface area is 444 Å². The van der Waals surface area contributed by atoms with Crippen molar-refractivity contribution < 1.29 is 28.5 Å². The Morgan fingerprint density at radius 1 is 0.548 bits per heavy atom. The highest BCUT2D eigenvalue weighted by molar-refractivity contribution is 14.1. The normalized spacial score (nSPS) is 18.2. The van der Waals surface area contributed by atoms with Crippen LogP contribution in [0.15, 0.2) is 146 Å². The van der Waals surface area contributed by atoms with Crippen molar-refractivity contribution in [2.24, 2.45) is 0 Å². The predicted molar refractivity (Wildman–Crippen MR) is 294 cm³/mol. The maximum absolute atomic E-state index is 14.0. The summed E-state index contributed by atoms with van der Waals surface area (Å²) in [5.41, 5.74) is 5.70. The molecule has 3 aliphatic rings. The number of nitriles is 2. The Morgan fingerprint density at radius 2 is 0.973 bits per heavy atom. The van der Waals surface area contributed by atoms with E-state index in [0.717, 1.165) is 72.0 Å². The lowest BCUT2D eigenvalue weighted by molar-refractivity contribution is -0.127. The van der Waals surface area contributed by atoms with Crippen molar-refractivity contribution in [2.45, 2.75) is 109 Å². The Morgan fingerprint density at radius 3 is 1.42 bits per heavy atom. The van der Waals surface area contributed by atoms with E-state index >= 15 is 0 Å². The molecule has 0 N–H and O–H groups in total. The number of amides is 2. The first-order valence-electron chi connectivity index (χ1n) is 25.6. The number of alkyl halides is 1. The fourth-order valence-electron chi connectivity index (χ4n) is 9.87. The largest absolute Gasteiger partial charge is 0.488 e. The number of carbonyl (C=O) groups is 2. The molecule has 12 heteroatoms. The SMILES string of the molecule is C[C@@H]1CCC[C@H](C)N1CCCCCN1C(=O)[C@H](c2cc(C#N)ccc2OCc2ccccc2)Oc2ccccc21.N#Cc1ccc(OCc2ccccc2)c([C@@H]2Oc3ccccc3N(CCCCCI)C2=O)c1. The molecule has 2 amide bonds. The number of halogens is 1. The van der Waals surface area contributed by atoms with Crippen LogP contribution in [0.1, 0.15) is 117 Å². The monoisotopic (exact) mass is 1090 g/mol. The minimum Gasteiger partial charge on any atom is -0.488 e. The van der Waals surface area contributed by atoms with E-state index in [0.29, 0.717) is 83.6 Å². The molecular weight excluding hydrogens is 1030 g/mol. The summed E-state index contributed by atoms with van der Waals surface area (Å²) in [5, 5.41) is 19.1. The third kappa shape index (κ3) is 13.4. The van der Waals surface area contributed by atoms with Gasteiger partial charge in [-0.15, -0.1) is 0 Å². The molecule has 0 aliphatic carbocycles. The number of carbonyl (C=O) groups excluding carboxylic acids is 2. The first-order chi connectivity index (χ1) is 35.8. The number of benzene rings is 6. The number of para-hydroxylation sites is 4. The molecule has 0 spiro atoms. The van der Waals surface area contributed by atoms with Gasteiger partial charge in [0.1, 0.15) is 36.2 Å². The van der Waals surface area contributed by atoms with Gasteiger partial charge in [0.15, 0.2) is 0 Å². The zero-order valence-electron chi connectivity index (χ0n) is 41.8. The molecule has 6 aromatic rings. The number of hydrogen-bond acceptors (Lipinski definition) is 9. The van der Waals surface area contributed by atoms with Crippen molar-refractivity contribution in [3.8, 4) is 35.1 Å². The van der Waals surface area contributed by atoms with Crippen molar-refractivity contribution in [2.75, 3.05) is 33.9 Å². The summed E-state index contributed by atoms with van der Waals surface area (Å²) in [6.07, 6.45) is 8.36. The lowest BCUT2D eigenvalue weighted by atomic mass is 9.97. The average Bonchev–Trinajstić information content (AvgIpc) is 3.43. The van der Waals surface area contributed by atoms with Gasteiger partial charge < -0.3 is 28.7 Å². The number of unbranched alkanes of at least 4 members (excludes halogenated alkanes) is 4. The summed E-state index contributed by atoms with van der Waals surface area (Å²) in [4.78, 5) is 33.9. The second kappa shape index (κ2) is 26.2. The molecule has 9 rings (SSSR count). The average molecular weight is 1090 g/mol. The minimum absolute atomic E-state index is 0.128. The van der Waals surface area contributed by atoms with Gasteiger partial charge in [0.05, 0.1) is 34.6 Å². The van der Waals surface area contributed by atoms with Gasteiger partial charge in [-0.2, -0.15) is 10.5 Å². The third-order valence-corrected chi connectivity index (χ3v) is 14.6. The maximum atomic E-state index is 14.0. The standard InChI is InChI=1S/C34H39N3O3.C27H25IN2O3/c1-25-12-11-13-26(2)36(25)20-9-4-10-21-37-30-16-7-8-17-32(30)40-33(34(37)38)29-22-28(23-35)18-19-31(29)39-24-27-14-5-3-6-15-27;28-15-7-2-8-16-30-23-11-5-6-12-25(23)33-26(27(30)31)22-17-21(18-29)13-14-24(22)32-19-20-9-3-1-4-10-20/h3,5-8,14-19,22,25-26,33H,4,9-13,20-21,24H2,1-2H3;1,3-6,9-14,17,26H,2,7-8,15-16,19H2/t25-,26+,33-;26-/m00/s1. The molecule has 6 aromatic carbocycles. The van der Waals surface area contributed by atoms with Crippen molar-refractivity contribution in [1.29, 1.82) is 10.5 Å². The Balaban J connectivity index is 0.000000199. The van der Waals surface area contributed by atoms with Crippen LogP contribution in [0.4, 0.5) is 11.4 Å². The molecule has 0 bridgehead atoms. The minimum atomic E-state index is -0.885. The van der Waals surface area contributed by atoms with Crippen molar-refractivity contribution in [3.63, 3.8) is 0 Å². The van der Waals surface area contributed by atoms with Crippen LogP contribution < -0.4 is 28.7 Å². The summed E-state index contributed by atoms with van der Waals surface area (Å²) in [7, 11) is 0. The van der Waals surface area contributed by atoms with E-state index in [-0.39, 0.29) is 11.8 Å². The zero-order valence-corrected chi connectivity index (χ0v) is 44.0. The Bertz CT molecular complexity index is 2860. The van der Waals surface area contributed by atoms with E-state index in [1.165, 1.54) is 19.3 Å². The van der Waals surface area contributed by atoms with Gasteiger partial charge in [-0.3, -0.25) is 14.5 Å². The molecule has 0 aromatic heterocycles. The van der Waals surface area contributed by atoms with Crippen LogP contribution in [0.5, 0.6) is 23.0 Å². The van der Waals surface area contributed by atoms with Crippen molar-refractivity contribution in [3.05, 3.63) is 179 Å². The fraction of sp³-hybridized carbons (Fsp3) is 0.344. The number of hydrogen-bond donors (Lipinski definition) is 0. The molecule has 11 nitrogen and oxygen atoms in total. The summed E-state index contributed by atoms with van der Waals surface area (Å²) >= 11 is 2.38. The van der Waals surface area contributed by atoms with Crippen LogP contribution in [0.3, 0.4) is 0 Å². The zero-order chi connectivity index (χ0) is 50.9. The van der Waals surface area contributed by atoms with Gasteiger partial charge in [0.2, 0.25) is 12.2 Å². The van der Waals surface area contributed by atoms with Crippen LogP contribution in [-0.2, 0) is 22.8 Å². The maximum Gasteiger partial charge on any atom is 0.273 e. The number of fused-ring (bicyclic) bond motifs is 2. The molecule has 0 saturated carbocycles. The molecule has 3 heterocycles. The molecular formula is C61H64IN5O6. The van der Waals surface area contributed by atoms with E-state index in [1.807, 2.05) is 119 Å². The molecule has 73 heavy (non-hydrogen) atoms. The molecule has 0 radical (unpaired) electrons.